The monoisotopic (exact) mass is 369 g/mol. The molecule has 0 aliphatic heterocycles. The van der Waals surface area contributed by atoms with Crippen LogP contribution in [0.4, 0.5) is 26.6 Å². The molecule has 0 unspecified atom stereocenters. The van der Waals surface area contributed by atoms with Gasteiger partial charge in [0.25, 0.3) is 0 Å². The second kappa shape index (κ2) is 7.10. The Morgan fingerprint density at radius 2 is 1.89 bits per heavy atom. The number of urea groups is 1. The molecule has 9 heteroatoms. The van der Waals surface area contributed by atoms with Crippen LogP contribution in [0.2, 0.25) is 0 Å². The van der Waals surface area contributed by atoms with E-state index in [0.717, 1.165) is 0 Å². The third-order valence-corrected chi connectivity index (χ3v) is 3.45. The maximum Gasteiger partial charge on any atom is 0.320 e. The summed E-state index contributed by atoms with van der Waals surface area (Å²) in [4.78, 5) is 28.9. The van der Waals surface area contributed by atoms with E-state index in [1.54, 1.807) is 19.1 Å². The van der Waals surface area contributed by atoms with Gasteiger partial charge in [-0.2, -0.15) is 4.98 Å². The van der Waals surface area contributed by atoms with Crippen molar-refractivity contribution in [1.29, 1.82) is 0 Å². The zero-order chi connectivity index (χ0) is 19.6. The molecule has 8 nitrogen and oxygen atoms in total. The molecule has 0 fully saturated rings. The summed E-state index contributed by atoms with van der Waals surface area (Å²) in [5.41, 5.74) is 1.59. The zero-order valence-corrected chi connectivity index (χ0v) is 15.5. The van der Waals surface area contributed by atoms with Gasteiger partial charge in [0.15, 0.2) is 11.5 Å². The molecule has 0 bridgehead atoms. The molecule has 140 valence electrons. The molecule has 0 aliphatic rings. The normalized spacial score (nSPS) is 11.3. The number of rotatable bonds is 3. The van der Waals surface area contributed by atoms with Crippen LogP contribution in [0.15, 0.2) is 30.6 Å². The molecule has 2 aromatic heterocycles. The van der Waals surface area contributed by atoms with E-state index in [-0.39, 0.29) is 23.2 Å². The molecule has 27 heavy (non-hydrogen) atoms. The maximum atomic E-state index is 13.4. The number of halogens is 1. The maximum absolute atomic E-state index is 13.4. The van der Waals surface area contributed by atoms with Gasteiger partial charge in [0.2, 0.25) is 5.95 Å². The van der Waals surface area contributed by atoms with Crippen molar-refractivity contribution >= 4 is 34.6 Å². The third-order valence-electron chi connectivity index (χ3n) is 3.45. The van der Waals surface area contributed by atoms with Crippen LogP contribution in [-0.2, 0) is 0 Å². The van der Waals surface area contributed by atoms with Crippen molar-refractivity contribution in [2.24, 2.45) is 0 Å². The minimum atomic E-state index is -0.384. The quantitative estimate of drug-likeness (QED) is 0.652. The number of carbonyl (C=O) groups excluding carboxylic acids is 1. The van der Waals surface area contributed by atoms with Crippen LogP contribution in [0.1, 0.15) is 26.3 Å². The molecule has 0 saturated carbocycles. The fourth-order valence-electron chi connectivity index (χ4n) is 2.27. The summed E-state index contributed by atoms with van der Waals surface area (Å²) in [6.07, 6.45) is 2.96. The lowest BCUT2D eigenvalue weighted by molar-refractivity contribution is 0.243. The second-order valence-corrected chi connectivity index (χ2v) is 7.08. The number of nitrogens with one attached hydrogen (secondary N) is 3. The first-order valence-corrected chi connectivity index (χ1v) is 8.32. The van der Waals surface area contributed by atoms with Crippen LogP contribution < -0.4 is 16.0 Å². The lowest BCUT2D eigenvalue weighted by Crippen LogP contribution is -2.43. The van der Waals surface area contributed by atoms with Gasteiger partial charge in [-0.3, -0.25) is 5.32 Å². The number of hydrogen-bond donors (Lipinski definition) is 3. The molecule has 0 spiro atoms. The Kier molecular flexibility index (Phi) is 4.85. The highest BCUT2D eigenvalue weighted by Gasteiger charge is 2.14. The van der Waals surface area contributed by atoms with Gasteiger partial charge in [-0.25, -0.2) is 24.1 Å². The first-order valence-electron chi connectivity index (χ1n) is 8.32. The minimum Gasteiger partial charge on any atom is -0.333 e. The number of hydrogen-bond acceptors (Lipinski definition) is 6. The molecule has 0 saturated heterocycles. The summed E-state index contributed by atoms with van der Waals surface area (Å²) in [6, 6.07) is 4.24. The summed E-state index contributed by atoms with van der Waals surface area (Å²) in [7, 11) is 0. The fraction of sp³-hybridized carbons (Fsp3) is 0.278. The highest BCUT2D eigenvalue weighted by atomic mass is 19.1. The van der Waals surface area contributed by atoms with Gasteiger partial charge in [-0.05, 0) is 51.5 Å². The first-order chi connectivity index (χ1) is 12.7. The van der Waals surface area contributed by atoms with Crippen molar-refractivity contribution in [3.8, 4) is 0 Å². The summed E-state index contributed by atoms with van der Waals surface area (Å²) >= 11 is 0. The molecule has 2 amide bonds. The van der Waals surface area contributed by atoms with Gasteiger partial charge in [-0.15, -0.1) is 0 Å². The Morgan fingerprint density at radius 1 is 1.11 bits per heavy atom. The Balaban J connectivity index is 1.81. The number of anilines is 3. The standard InChI is InChI=1S/C18H20FN7O/c1-10-7-11(5-6-12(10)19)22-16-21-8-13-15(25-16)23-14(9-20-13)24-17(27)26-18(2,3)4/h5-9H,1-4H3,(H3,21,22,23,24,25,26,27). The highest BCUT2D eigenvalue weighted by Crippen LogP contribution is 2.18. The van der Waals surface area contributed by atoms with E-state index in [2.05, 4.69) is 35.9 Å². The molecule has 1 aromatic carbocycles. The number of aryl methyl sites for hydroxylation is 1. The number of fused-ring (bicyclic) bond motifs is 1. The molecular formula is C18H20FN7O. The molecule has 2 heterocycles. The van der Waals surface area contributed by atoms with Gasteiger partial charge < -0.3 is 10.6 Å². The third kappa shape index (κ3) is 4.84. The smallest absolute Gasteiger partial charge is 0.320 e. The first kappa shape index (κ1) is 18.4. The van der Waals surface area contributed by atoms with E-state index in [1.165, 1.54) is 18.5 Å². The van der Waals surface area contributed by atoms with Gasteiger partial charge >= 0.3 is 6.03 Å². The van der Waals surface area contributed by atoms with Gasteiger partial charge in [0, 0.05) is 11.2 Å². The van der Waals surface area contributed by atoms with Gasteiger partial charge in [0.05, 0.1) is 12.4 Å². The molecular weight excluding hydrogens is 349 g/mol. The number of carbonyl (C=O) groups is 1. The van der Waals surface area contributed by atoms with Gasteiger partial charge in [-0.1, -0.05) is 0 Å². The van der Waals surface area contributed by atoms with E-state index >= 15 is 0 Å². The Labute approximate surface area is 155 Å². The molecule has 0 aliphatic carbocycles. The lowest BCUT2D eigenvalue weighted by atomic mass is 10.1. The highest BCUT2D eigenvalue weighted by molar-refractivity contribution is 5.89. The Hall–Kier alpha value is -3.36. The van der Waals surface area contributed by atoms with E-state index in [0.29, 0.717) is 28.4 Å². The van der Waals surface area contributed by atoms with Crippen LogP contribution in [0, 0.1) is 12.7 Å². The zero-order valence-electron chi connectivity index (χ0n) is 15.5. The van der Waals surface area contributed by atoms with Crippen LogP contribution in [-0.4, -0.2) is 31.5 Å². The molecule has 0 atom stereocenters. The Bertz CT molecular complexity index is 1000. The number of amides is 2. The van der Waals surface area contributed by atoms with Gasteiger partial charge in [0.1, 0.15) is 11.3 Å². The largest absolute Gasteiger partial charge is 0.333 e. The van der Waals surface area contributed by atoms with Crippen molar-refractivity contribution in [3.63, 3.8) is 0 Å². The number of aromatic nitrogens is 4. The van der Waals surface area contributed by atoms with Crippen molar-refractivity contribution in [1.82, 2.24) is 25.3 Å². The molecule has 0 radical (unpaired) electrons. The van der Waals surface area contributed by atoms with Crippen LogP contribution in [0.5, 0.6) is 0 Å². The van der Waals surface area contributed by atoms with E-state index in [4.69, 9.17) is 0 Å². The summed E-state index contributed by atoms with van der Waals surface area (Å²) in [6.45, 7) is 7.30. The molecule has 3 rings (SSSR count). The second-order valence-electron chi connectivity index (χ2n) is 7.08. The topological polar surface area (TPSA) is 105 Å². The summed E-state index contributed by atoms with van der Waals surface area (Å²) in [5, 5.41) is 8.40. The van der Waals surface area contributed by atoms with E-state index in [9.17, 15) is 9.18 Å². The van der Waals surface area contributed by atoms with Crippen molar-refractivity contribution in [2.45, 2.75) is 33.2 Å². The SMILES string of the molecule is Cc1cc(Nc2ncc3ncc(NC(=O)NC(C)(C)C)nc3n2)ccc1F. The fourth-order valence-corrected chi connectivity index (χ4v) is 2.27. The van der Waals surface area contributed by atoms with Crippen LogP contribution in [0.3, 0.4) is 0 Å². The summed E-state index contributed by atoms with van der Waals surface area (Å²) in [5.74, 6) is 0.278. The summed E-state index contributed by atoms with van der Waals surface area (Å²) < 4.78 is 13.4. The van der Waals surface area contributed by atoms with Crippen molar-refractivity contribution < 1.29 is 9.18 Å². The van der Waals surface area contributed by atoms with Crippen LogP contribution >= 0.6 is 0 Å². The van der Waals surface area contributed by atoms with E-state index in [1.807, 2.05) is 20.8 Å². The lowest BCUT2D eigenvalue weighted by Gasteiger charge is -2.20. The average Bonchev–Trinajstić information content (AvgIpc) is 2.56. The van der Waals surface area contributed by atoms with E-state index < -0.39 is 0 Å². The van der Waals surface area contributed by atoms with Crippen molar-refractivity contribution in [3.05, 3.63) is 42.0 Å². The molecule has 3 aromatic rings. The molecule has 3 N–H and O–H groups in total. The Morgan fingerprint density at radius 3 is 2.59 bits per heavy atom. The van der Waals surface area contributed by atoms with Crippen LogP contribution in [0.25, 0.3) is 11.2 Å². The number of nitrogens with zero attached hydrogens (tertiary/aromatic N) is 4. The minimum absolute atomic E-state index is 0.270. The number of benzene rings is 1. The average molecular weight is 369 g/mol. The van der Waals surface area contributed by atoms with Crippen molar-refractivity contribution in [2.75, 3.05) is 10.6 Å². The predicted octanol–water partition coefficient (Wildman–Crippen LogP) is 3.53. The predicted molar refractivity (Wildman–Crippen MR) is 101 cm³/mol.